The lowest BCUT2D eigenvalue weighted by atomic mass is 10.1. The first-order chi connectivity index (χ1) is 14.3. The maximum absolute atomic E-state index is 12.8. The molecule has 4 rings (SSSR count). The molecule has 0 aliphatic carbocycles. The summed E-state index contributed by atoms with van der Waals surface area (Å²) in [4.78, 5) is 17.1. The van der Waals surface area contributed by atoms with Gasteiger partial charge in [-0.3, -0.25) is 9.48 Å². The number of likely N-dealkylation sites (tertiary alicyclic amines) is 2. The van der Waals surface area contributed by atoms with Gasteiger partial charge >= 0.3 is 0 Å². The lowest BCUT2D eigenvalue weighted by molar-refractivity contribution is -0.000511. The molecule has 29 heavy (non-hydrogen) atoms. The van der Waals surface area contributed by atoms with E-state index in [0.717, 1.165) is 25.9 Å². The molecule has 2 aliphatic heterocycles. The van der Waals surface area contributed by atoms with E-state index in [2.05, 4.69) is 27.3 Å². The third-order valence-corrected chi connectivity index (χ3v) is 5.91. The van der Waals surface area contributed by atoms with Gasteiger partial charge in [0.25, 0.3) is 5.91 Å². The smallest absolute Gasteiger partial charge is 0.276 e. The largest absolute Gasteiger partial charge is 0.373 e. The summed E-state index contributed by atoms with van der Waals surface area (Å²) in [6, 6.07) is 10.2. The van der Waals surface area contributed by atoms with Crippen molar-refractivity contribution in [1.29, 1.82) is 0 Å². The van der Waals surface area contributed by atoms with E-state index in [4.69, 9.17) is 4.74 Å². The molecule has 2 saturated heterocycles. The Labute approximate surface area is 172 Å². The number of amides is 1. The summed E-state index contributed by atoms with van der Waals surface area (Å²) in [6.45, 7) is 6.14. The first kappa shape index (κ1) is 20.0. The molecule has 0 radical (unpaired) electrons. The third-order valence-electron chi connectivity index (χ3n) is 5.91. The summed E-state index contributed by atoms with van der Waals surface area (Å²) < 4.78 is 7.82. The van der Waals surface area contributed by atoms with Crippen molar-refractivity contribution in [3.8, 4) is 0 Å². The van der Waals surface area contributed by atoms with Gasteiger partial charge in [-0.25, -0.2) is 0 Å². The molecule has 0 unspecified atom stereocenters. The van der Waals surface area contributed by atoms with Crippen LogP contribution in [0.5, 0.6) is 0 Å². The molecule has 156 valence electrons. The molecule has 0 spiro atoms. The van der Waals surface area contributed by atoms with Gasteiger partial charge in [-0.05, 0) is 44.3 Å². The average molecular weight is 398 g/mol. The molecular weight excluding hydrogens is 366 g/mol. The first-order valence-corrected chi connectivity index (χ1v) is 10.9. The molecular formula is C22H31N5O2. The summed E-state index contributed by atoms with van der Waals surface area (Å²) in [5.41, 5.74) is 1.64. The zero-order chi connectivity index (χ0) is 19.9. The molecule has 3 heterocycles. The van der Waals surface area contributed by atoms with Gasteiger partial charge < -0.3 is 14.5 Å². The Balaban J connectivity index is 1.20. The number of hydrogen-bond acceptors (Lipinski definition) is 5. The Bertz CT molecular complexity index is 765. The first-order valence-electron chi connectivity index (χ1n) is 10.9. The standard InChI is InChI=1S/C22H31N5O2/c28-22(21-17-27(24-23-21)16-15-25-11-5-2-6-12-25)26-13-9-20(10-14-26)29-18-19-7-3-1-4-8-19/h1,3-4,7-8,17,20H,2,5-6,9-16,18H2. The van der Waals surface area contributed by atoms with E-state index < -0.39 is 0 Å². The maximum atomic E-state index is 12.8. The molecule has 0 bridgehead atoms. The topological polar surface area (TPSA) is 63.5 Å². The Kier molecular flexibility index (Phi) is 6.90. The van der Waals surface area contributed by atoms with Gasteiger partial charge in [0.05, 0.1) is 25.5 Å². The Morgan fingerprint density at radius 3 is 2.52 bits per heavy atom. The summed E-state index contributed by atoms with van der Waals surface area (Å²) in [7, 11) is 0. The van der Waals surface area contributed by atoms with Crippen molar-refractivity contribution >= 4 is 5.91 Å². The molecule has 1 aromatic carbocycles. The molecule has 1 aromatic heterocycles. The number of nitrogens with zero attached hydrogens (tertiary/aromatic N) is 5. The van der Waals surface area contributed by atoms with Crippen LogP contribution in [0.1, 0.15) is 48.2 Å². The predicted octanol–water partition coefficient (Wildman–Crippen LogP) is 2.59. The lowest BCUT2D eigenvalue weighted by Gasteiger charge is -2.31. The van der Waals surface area contributed by atoms with Crippen molar-refractivity contribution in [1.82, 2.24) is 24.8 Å². The normalized spacial score (nSPS) is 18.8. The summed E-state index contributed by atoms with van der Waals surface area (Å²) in [5, 5.41) is 8.28. The zero-order valence-corrected chi connectivity index (χ0v) is 17.1. The Morgan fingerprint density at radius 1 is 1.00 bits per heavy atom. The van der Waals surface area contributed by atoms with Crippen molar-refractivity contribution in [2.75, 3.05) is 32.7 Å². The van der Waals surface area contributed by atoms with Crippen LogP contribution in [-0.4, -0.2) is 69.5 Å². The lowest BCUT2D eigenvalue weighted by Crippen LogP contribution is -2.41. The number of piperidine rings is 2. The van der Waals surface area contributed by atoms with Crippen LogP contribution in [0.15, 0.2) is 36.5 Å². The average Bonchev–Trinajstić information content (AvgIpc) is 3.27. The van der Waals surface area contributed by atoms with Crippen LogP contribution in [0.25, 0.3) is 0 Å². The van der Waals surface area contributed by atoms with Gasteiger partial charge in [0.2, 0.25) is 0 Å². The fourth-order valence-corrected chi connectivity index (χ4v) is 4.11. The SMILES string of the molecule is O=C(c1cn(CCN2CCCCC2)nn1)N1CCC(OCc2ccccc2)CC1. The molecule has 0 N–H and O–H groups in total. The molecule has 7 heteroatoms. The van der Waals surface area contributed by atoms with Gasteiger partial charge in [-0.15, -0.1) is 5.10 Å². The Morgan fingerprint density at radius 2 is 1.76 bits per heavy atom. The minimum absolute atomic E-state index is 0.0178. The highest BCUT2D eigenvalue weighted by Crippen LogP contribution is 2.17. The number of aromatic nitrogens is 3. The predicted molar refractivity (Wildman–Crippen MR) is 110 cm³/mol. The molecule has 2 aliphatic rings. The van der Waals surface area contributed by atoms with Gasteiger partial charge in [0, 0.05) is 19.6 Å². The van der Waals surface area contributed by atoms with Gasteiger partial charge in [0.1, 0.15) is 0 Å². The highest BCUT2D eigenvalue weighted by atomic mass is 16.5. The fourth-order valence-electron chi connectivity index (χ4n) is 4.11. The van der Waals surface area contributed by atoms with Crippen LogP contribution in [0.3, 0.4) is 0 Å². The summed E-state index contributed by atoms with van der Waals surface area (Å²) >= 11 is 0. The molecule has 2 aromatic rings. The van der Waals surface area contributed by atoms with E-state index in [9.17, 15) is 4.79 Å². The van der Waals surface area contributed by atoms with Crippen LogP contribution in [0.4, 0.5) is 0 Å². The molecule has 0 atom stereocenters. The Hall–Kier alpha value is -2.25. The van der Waals surface area contributed by atoms with Crippen LogP contribution >= 0.6 is 0 Å². The molecule has 0 saturated carbocycles. The van der Waals surface area contributed by atoms with Crippen molar-refractivity contribution in [2.45, 2.75) is 51.4 Å². The second-order valence-electron chi connectivity index (χ2n) is 8.06. The van der Waals surface area contributed by atoms with E-state index in [-0.39, 0.29) is 12.0 Å². The second-order valence-corrected chi connectivity index (χ2v) is 8.06. The molecule has 1 amide bonds. The van der Waals surface area contributed by atoms with Gasteiger partial charge in [-0.2, -0.15) is 0 Å². The van der Waals surface area contributed by atoms with Crippen molar-refractivity contribution in [2.24, 2.45) is 0 Å². The van der Waals surface area contributed by atoms with E-state index in [1.165, 1.54) is 37.9 Å². The fraction of sp³-hybridized carbons (Fsp3) is 0.591. The van der Waals surface area contributed by atoms with E-state index in [1.807, 2.05) is 23.1 Å². The molecule has 2 fully saturated rings. The van der Waals surface area contributed by atoms with E-state index in [0.29, 0.717) is 25.4 Å². The number of carbonyl (C=O) groups excluding carboxylic acids is 1. The monoisotopic (exact) mass is 397 g/mol. The van der Waals surface area contributed by atoms with Crippen LogP contribution in [0.2, 0.25) is 0 Å². The second kappa shape index (κ2) is 9.98. The van der Waals surface area contributed by atoms with Crippen LogP contribution in [-0.2, 0) is 17.9 Å². The minimum atomic E-state index is -0.0178. The minimum Gasteiger partial charge on any atom is -0.373 e. The quantitative estimate of drug-likeness (QED) is 0.719. The van der Waals surface area contributed by atoms with Crippen molar-refractivity contribution in [3.63, 3.8) is 0 Å². The van der Waals surface area contributed by atoms with Gasteiger partial charge in [-0.1, -0.05) is 42.0 Å². The summed E-state index contributed by atoms with van der Waals surface area (Å²) in [5.74, 6) is -0.0178. The highest BCUT2D eigenvalue weighted by molar-refractivity contribution is 5.92. The van der Waals surface area contributed by atoms with Crippen LogP contribution < -0.4 is 0 Å². The third kappa shape index (κ3) is 5.64. The van der Waals surface area contributed by atoms with E-state index >= 15 is 0 Å². The summed E-state index contributed by atoms with van der Waals surface area (Å²) in [6.07, 6.45) is 7.64. The maximum Gasteiger partial charge on any atom is 0.276 e. The van der Waals surface area contributed by atoms with E-state index in [1.54, 1.807) is 10.9 Å². The number of carbonyl (C=O) groups is 1. The zero-order valence-electron chi connectivity index (χ0n) is 17.1. The number of ether oxygens (including phenoxy) is 1. The van der Waals surface area contributed by atoms with Crippen molar-refractivity contribution in [3.05, 3.63) is 47.8 Å². The van der Waals surface area contributed by atoms with Gasteiger partial charge in [0.15, 0.2) is 5.69 Å². The van der Waals surface area contributed by atoms with Crippen molar-refractivity contribution < 1.29 is 9.53 Å². The number of hydrogen-bond donors (Lipinski definition) is 0. The number of rotatable bonds is 7. The molecule has 7 nitrogen and oxygen atoms in total. The van der Waals surface area contributed by atoms with Crippen LogP contribution in [0, 0.1) is 0 Å². The number of benzene rings is 1. The highest BCUT2D eigenvalue weighted by Gasteiger charge is 2.25.